The van der Waals surface area contributed by atoms with E-state index in [1.807, 2.05) is 0 Å². The highest BCUT2D eigenvalue weighted by Crippen LogP contribution is 2.27. The van der Waals surface area contributed by atoms with Crippen LogP contribution in [0.5, 0.6) is 5.75 Å². The molecule has 0 saturated carbocycles. The van der Waals surface area contributed by atoms with Crippen molar-refractivity contribution in [2.75, 3.05) is 29.7 Å². The van der Waals surface area contributed by atoms with Crippen LogP contribution < -0.4 is 20.3 Å². The predicted octanol–water partition coefficient (Wildman–Crippen LogP) is 3.98. The van der Waals surface area contributed by atoms with Crippen LogP contribution in [-0.4, -0.2) is 26.1 Å². The molecule has 3 amide bonds. The summed E-state index contributed by atoms with van der Waals surface area (Å²) >= 11 is 5.93. The standard InChI is InChI=1S/C17H18ClN3O3/c1-11(22)21(2)14-7-5-13(6-8-14)19-17(23)20-15-10-12(18)4-9-16(15)24-3/h4-10H,1-3H3,(H2,19,20,23). The van der Waals surface area contributed by atoms with Crippen molar-refractivity contribution in [3.63, 3.8) is 0 Å². The van der Waals surface area contributed by atoms with Gasteiger partial charge in [0, 0.05) is 30.4 Å². The van der Waals surface area contributed by atoms with Crippen LogP contribution >= 0.6 is 11.6 Å². The third-order valence-corrected chi connectivity index (χ3v) is 3.63. The molecular formula is C17H18ClN3O3. The first-order valence-electron chi connectivity index (χ1n) is 7.16. The summed E-state index contributed by atoms with van der Waals surface area (Å²) in [5.41, 5.74) is 1.80. The van der Waals surface area contributed by atoms with Crippen molar-refractivity contribution in [1.29, 1.82) is 0 Å². The molecule has 0 bridgehead atoms. The van der Waals surface area contributed by atoms with Gasteiger partial charge in [-0.05, 0) is 42.5 Å². The van der Waals surface area contributed by atoms with E-state index in [9.17, 15) is 9.59 Å². The zero-order valence-corrected chi connectivity index (χ0v) is 14.3. The summed E-state index contributed by atoms with van der Waals surface area (Å²) in [6, 6.07) is 11.4. The minimum Gasteiger partial charge on any atom is -0.495 e. The number of anilines is 3. The Morgan fingerprint density at radius 3 is 2.33 bits per heavy atom. The van der Waals surface area contributed by atoms with Gasteiger partial charge in [0.25, 0.3) is 0 Å². The number of benzene rings is 2. The van der Waals surface area contributed by atoms with Crippen LogP contribution in [0.3, 0.4) is 0 Å². The maximum atomic E-state index is 12.1. The van der Waals surface area contributed by atoms with E-state index < -0.39 is 6.03 Å². The van der Waals surface area contributed by atoms with Crippen molar-refractivity contribution in [3.05, 3.63) is 47.5 Å². The lowest BCUT2D eigenvalue weighted by molar-refractivity contribution is -0.116. The van der Waals surface area contributed by atoms with E-state index in [-0.39, 0.29) is 5.91 Å². The van der Waals surface area contributed by atoms with Gasteiger partial charge in [-0.15, -0.1) is 0 Å². The van der Waals surface area contributed by atoms with Gasteiger partial charge in [0.05, 0.1) is 12.8 Å². The van der Waals surface area contributed by atoms with Gasteiger partial charge in [-0.3, -0.25) is 4.79 Å². The first kappa shape index (κ1) is 17.6. The Morgan fingerprint density at radius 1 is 1.08 bits per heavy atom. The Hall–Kier alpha value is -2.73. The van der Waals surface area contributed by atoms with Crippen molar-refractivity contribution >= 4 is 40.6 Å². The van der Waals surface area contributed by atoms with Gasteiger partial charge in [0.15, 0.2) is 0 Å². The number of ether oxygens (including phenoxy) is 1. The summed E-state index contributed by atoms with van der Waals surface area (Å²) in [6.07, 6.45) is 0. The van der Waals surface area contributed by atoms with Crippen LogP contribution in [0.15, 0.2) is 42.5 Å². The minimum absolute atomic E-state index is 0.0681. The maximum absolute atomic E-state index is 12.1. The van der Waals surface area contributed by atoms with E-state index in [4.69, 9.17) is 16.3 Å². The maximum Gasteiger partial charge on any atom is 0.323 e. The lowest BCUT2D eigenvalue weighted by Crippen LogP contribution is -2.23. The van der Waals surface area contributed by atoms with Crippen LogP contribution in [-0.2, 0) is 4.79 Å². The smallest absolute Gasteiger partial charge is 0.323 e. The first-order valence-corrected chi connectivity index (χ1v) is 7.54. The molecule has 0 saturated heterocycles. The van der Waals surface area contributed by atoms with Gasteiger partial charge >= 0.3 is 6.03 Å². The number of nitrogens with one attached hydrogen (secondary N) is 2. The molecule has 0 spiro atoms. The first-order chi connectivity index (χ1) is 11.4. The van der Waals surface area contributed by atoms with Crippen LogP contribution in [0, 0.1) is 0 Å². The summed E-state index contributed by atoms with van der Waals surface area (Å²) in [5, 5.41) is 5.88. The number of hydrogen-bond donors (Lipinski definition) is 2. The van der Waals surface area contributed by atoms with Gasteiger partial charge in [-0.1, -0.05) is 11.6 Å². The number of halogens is 1. The number of rotatable bonds is 4. The average Bonchev–Trinajstić information content (AvgIpc) is 2.55. The number of carbonyl (C=O) groups is 2. The van der Waals surface area contributed by atoms with Gasteiger partial charge in [-0.2, -0.15) is 0 Å². The lowest BCUT2D eigenvalue weighted by Gasteiger charge is -2.15. The second-order valence-electron chi connectivity index (χ2n) is 5.05. The van der Waals surface area contributed by atoms with E-state index in [1.54, 1.807) is 49.5 Å². The number of amides is 3. The van der Waals surface area contributed by atoms with Crippen LogP contribution in [0.25, 0.3) is 0 Å². The van der Waals surface area contributed by atoms with Crippen LogP contribution in [0.2, 0.25) is 5.02 Å². The van der Waals surface area contributed by atoms with E-state index in [0.29, 0.717) is 22.1 Å². The molecule has 2 rings (SSSR count). The Balaban J connectivity index is 2.05. The zero-order chi connectivity index (χ0) is 17.7. The monoisotopic (exact) mass is 347 g/mol. The third-order valence-electron chi connectivity index (χ3n) is 3.39. The molecule has 0 radical (unpaired) electrons. The van der Waals surface area contributed by atoms with Crippen molar-refractivity contribution in [1.82, 2.24) is 0 Å². The molecule has 0 aliphatic rings. The number of hydrogen-bond acceptors (Lipinski definition) is 3. The highest BCUT2D eigenvalue weighted by Gasteiger charge is 2.09. The van der Waals surface area contributed by atoms with E-state index >= 15 is 0 Å². The minimum atomic E-state index is -0.428. The number of urea groups is 1. The number of nitrogens with zero attached hydrogens (tertiary/aromatic N) is 1. The van der Waals surface area contributed by atoms with Gasteiger partial charge < -0.3 is 20.3 Å². The Labute approximate surface area is 145 Å². The van der Waals surface area contributed by atoms with E-state index in [2.05, 4.69) is 10.6 Å². The van der Waals surface area contributed by atoms with Crippen molar-refractivity contribution < 1.29 is 14.3 Å². The molecule has 24 heavy (non-hydrogen) atoms. The molecule has 0 atom stereocenters. The van der Waals surface area contributed by atoms with Gasteiger partial charge in [0.1, 0.15) is 5.75 Å². The summed E-state index contributed by atoms with van der Waals surface area (Å²) in [6.45, 7) is 1.48. The molecule has 2 aromatic carbocycles. The molecule has 126 valence electrons. The second-order valence-corrected chi connectivity index (χ2v) is 5.49. The molecule has 7 heteroatoms. The van der Waals surface area contributed by atoms with Crippen LogP contribution in [0.1, 0.15) is 6.92 Å². The fraction of sp³-hybridized carbons (Fsp3) is 0.176. The van der Waals surface area contributed by atoms with Gasteiger partial charge in [0.2, 0.25) is 5.91 Å². The highest BCUT2D eigenvalue weighted by molar-refractivity contribution is 6.31. The normalized spacial score (nSPS) is 10.0. The van der Waals surface area contributed by atoms with Crippen LogP contribution in [0.4, 0.5) is 21.9 Å². The highest BCUT2D eigenvalue weighted by atomic mass is 35.5. The zero-order valence-electron chi connectivity index (χ0n) is 13.6. The molecule has 2 N–H and O–H groups in total. The number of carbonyl (C=O) groups excluding carboxylic acids is 2. The topological polar surface area (TPSA) is 70.7 Å². The summed E-state index contributed by atoms with van der Waals surface area (Å²) in [4.78, 5) is 24.9. The predicted molar refractivity (Wildman–Crippen MR) is 96.2 cm³/mol. The lowest BCUT2D eigenvalue weighted by atomic mass is 10.2. The summed E-state index contributed by atoms with van der Waals surface area (Å²) in [7, 11) is 3.19. The summed E-state index contributed by atoms with van der Waals surface area (Å²) in [5.74, 6) is 0.439. The fourth-order valence-electron chi connectivity index (χ4n) is 2.01. The molecule has 6 nitrogen and oxygen atoms in total. The molecule has 0 heterocycles. The number of methoxy groups -OCH3 is 1. The van der Waals surface area contributed by atoms with Crippen molar-refractivity contribution in [3.8, 4) is 5.75 Å². The molecule has 2 aromatic rings. The third kappa shape index (κ3) is 4.39. The molecule has 0 aromatic heterocycles. The SMILES string of the molecule is COc1ccc(Cl)cc1NC(=O)Nc1ccc(N(C)C(C)=O)cc1. The fourth-order valence-corrected chi connectivity index (χ4v) is 2.18. The largest absolute Gasteiger partial charge is 0.495 e. The second kappa shape index (κ2) is 7.70. The van der Waals surface area contributed by atoms with Crippen molar-refractivity contribution in [2.45, 2.75) is 6.92 Å². The molecule has 0 unspecified atom stereocenters. The Morgan fingerprint density at radius 2 is 1.75 bits per heavy atom. The quantitative estimate of drug-likeness (QED) is 0.879. The molecule has 0 aliphatic carbocycles. The Kier molecular flexibility index (Phi) is 5.65. The molecule has 0 fully saturated rings. The van der Waals surface area contributed by atoms with E-state index in [1.165, 1.54) is 18.9 Å². The average molecular weight is 348 g/mol. The molecular weight excluding hydrogens is 330 g/mol. The molecule has 0 aliphatic heterocycles. The summed E-state index contributed by atoms with van der Waals surface area (Å²) < 4.78 is 5.18. The van der Waals surface area contributed by atoms with Crippen molar-refractivity contribution in [2.24, 2.45) is 0 Å². The Bertz CT molecular complexity index is 747. The van der Waals surface area contributed by atoms with Gasteiger partial charge in [-0.25, -0.2) is 4.79 Å². The van der Waals surface area contributed by atoms with E-state index in [0.717, 1.165) is 5.69 Å².